The molecule has 0 spiro atoms. The molecule has 0 bridgehead atoms. The summed E-state index contributed by atoms with van der Waals surface area (Å²) in [4.78, 5) is 4.60. The predicted octanol–water partition coefficient (Wildman–Crippen LogP) is 8.12. The van der Waals surface area contributed by atoms with E-state index < -0.39 is 0 Å². The highest BCUT2D eigenvalue weighted by Gasteiger charge is 2.09. The van der Waals surface area contributed by atoms with Gasteiger partial charge < -0.3 is 4.42 Å². The Morgan fingerprint density at radius 3 is 1.88 bits per heavy atom. The Hall–Kier alpha value is -4.24. The zero-order valence-corrected chi connectivity index (χ0v) is 17.1. The number of aromatic nitrogens is 1. The molecule has 152 valence electrons. The van der Waals surface area contributed by atoms with Gasteiger partial charge in [0, 0.05) is 5.56 Å². The lowest BCUT2D eigenvalue weighted by molar-refractivity contribution is 0.620. The fourth-order valence-electron chi connectivity index (χ4n) is 4.08. The summed E-state index contributed by atoms with van der Waals surface area (Å²) in [5.74, 6) is 0.406. The van der Waals surface area contributed by atoms with Crippen LogP contribution in [0.25, 0.3) is 55.6 Å². The number of oxazole rings is 1. The van der Waals surface area contributed by atoms with Crippen LogP contribution in [0, 0.1) is 5.82 Å². The van der Waals surface area contributed by atoms with Gasteiger partial charge >= 0.3 is 0 Å². The first-order valence-electron chi connectivity index (χ1n) is 10.5. The van der Waals surface area contributed by atoms with Gasteiger partial charge in [-0.3, -0.25) is 0 Å². The number of fused-ring (bicyclic) bond motifs is 2. The SMILES string of the molecule is Fc1cccc(-c2ccc(-c3ccc4cc(-c5nc6ccccc6o5)ccc4c3)cc2)c1. The number of halogens is 1. The summed E-state index contributed by atoms with van der Waals surface area (Å²) in [6, 6.07) is 35.4. The van der Waals surface area contributed by atoms with Gasteiger partial charge in [0.15, 0.2) is 5.58 Å². The first-order chi connectivity index (χ1) is 15.7. The maximum Gasteiger partial charge on any atom is 0.227 e. The number of rotatable bonds is 3. The molecule has 0 fully saturated rings. The summed E-state index contributed by atoms with van der Waals surface area (Å²) in [5, 5.41) is 2.28. The lowest BCUT2D eigenvalue weighted by Crippen LogP contribution is -1.83. The second-order valence-electron chi connectivity index (χ2n) is 7.85. The van der Waals surface area contributed by atoms with Crippen LogP contribution in [-0.2, 0) is 0 Å². The zero-order chi connectivity index (χ0) is 21.5. The summed E-state index contributed by atoms with van der Waals surface area (Å²) in [6.07, 6.45) is 0. The number of para-hydroxylation sites is 2. The van der Waals surface area contributed by atoms with Crippen LogP contribution >= 0.6 is 0 Å². The van der Waals surface area contributed by atoms with Crippen LogP contribution in [0.1, 0.15) is 0 Å². The van der Waals surface area contributed by atoms with Crippen molar-refractivity contribution in [3.63, 3.8) is 0 Å². The Morgan fingerprint density at radius 2 is 1.16 bits per heavy atom. The normalized spacial score (nSPS) is 11.3. The smallest absolute Gasteiger partial charge is 0.227 e. The van der Waals surface area contributed by atoms with Crippen LogP contribution < -0.4 is 0 Å². The van der Waals surface area contributed by atoms with Crippen molar-refractivity contribution in [2.24, 2.45) is 0 Å². The molecule has 5 aromatic carbocycles. The van der Waals surface area contributed by atoms with E-state index in [0.717, 1.165) is 49.7 Å². The van der Waals surface area contributed by atoms with Crippen molar-refractivity contribution in [1.29, 1.82) is 0 Å². The highest BCUT2D eigenvalue weighted by atomic mass is 19.1. The minimum absolute atomic E-state index is 0.224. The highest BCUT2D eigenvalue weighted by molar-refractivity contribution is 5.90. The molecule has 6 aromatic rings. The van der Waals surface area contributed by atoms with Gasteiger partial charge in [0.1, 0.15) is 11.3 Å². The first-order valence-corrected chi connectivity index (χ1v) is 10.5. The maximum atomic E-state index is 13.5. The third-order valence-electron chi connectivity index (χ3n) is 5.76. The predicted molar refractivity (Wildman–Crippen MR) is 128 cm³/mol. The van der Waals surface area contributed by atoms with Crippen molar-refractivity contribution >= 4 is 21.9 Å². The van der Waals surface area contributed by atoms with E-state index in [1.807, 2.05) is 48.5 Å². The van der Waals surface area contributed by atoms with E-state index >= 15 is 0 Å². The number of nitrogens with zero attached hydrogens (tertiary/aromatic N) is 1. The molecule has 32 heavy (non-hydrogen) atoms. The van der Waals surface area contributed by atoms with E-state index in [9.17, 15) is 4.39 Å². The number of benzene rings is 5. The third kappa shape index (κ3) is 3.34. The lowest BCUT2D eigenvalue weighted by Gasteiger charge is -2.07. The van der Waals surface area contributed by atoms with Crippen molar-refractivity contribution in [2.45, 2.75) is 0 Å². The first kappa shape index (κ1) is 18.5. The molecule has 1 heterocycles. The molecular formula is C29H18FNO. The molecule has 0 aliphatic heterocycles. The standard InChI is InChI=1S/C29H18FNO/c30-26-5-3-4-21(18-26)19-8-10-20(11-9-19)22-12-13-24-17-25(15-14-23(24)16-22)29-31-27-6-1-2-7-28(27)32-29/h1-18H. The van der Waals surface area contributed by atoms with Crippen molar-refractivity contribution in [3.8, 4) is 33.7 Å². The van der Waals surface area contributed by atoms with Crippen LogP contribution in [0.3, 0.4) is 0 Å². The van der Waals surface area contributed by atoms with Gasteiger partial charge in [-0.15, -0.1) is 0 Å². The quantitative estimate of drug-likeness (QED) is 0.292. The number of hydrogen-bond donors (Lipinski definition) is 0. The van der Waals surface area contributed by atoms with Crippen LogP contribution in [-0.4, -0.2) is 4.98 Å². The second-order valence-corrected chi connectivity index (χ2v) is 7.85. The average Bonchev–Trinajstić information content (AvgIpc) is 3.28. The summed E-state index contributed by atoms with van der Waals surface area (Å²) in [6.45, 7) is 0. The van der Waals surface area contributed by atoms with Crippen LogP contribution in [0.5, 0.6) is 0 Å². The van der Waals surface area contributed by atoms with Gasteiger partial charge in [0.05, 0.1) is 0 Å². The summed E-state index contributed by atoms with van der Waals surface area (Å²) < 4.78 is 19.4. The molecule has 0 aliphatic carbocycles. The molecule has 0 N–H and O–H groups in total. The van der Waals surface area contributed by atoms with E-state index in [1.54, 1.807) is 12.1 Å². The average molecular weight is 415 g/mol. The molecule has 0 amide bonds. The molecule has 1 aromatic heterocycles. The van der Waals surface area contributed by atoms with Gasteiger partial charge in [-0.2, -0.15) is 0 Å². The molecule has 0 saturated carbocycles. The second kappa shape index (κ2) is 7.47. The third-order valence-corrected chi connectivity index (χ3v) is 5.76. The minimum Gasteiger partial charge on any atom is -0.436 e. The molecule has 2 nitrogen and oxygen atoms in total. The Labute approximate surface area is 184 Å². The van der Waals surface area contributed by atoms with Crippen molar-refractivity contribution < 1.29 is 8.81 Å². The fraction of sp³-hybridized carbons (Fsp3) is 0. The van der Waals surface area contributed by atoms with Crippen molar-refractivity contribution in [3.05, 3.63) is 115 Å². The largest absolute Gasteiger partial charge is 0.436 e. The molecule has 3 heteroatoms. The monoisotopic (exact) mass is 415 g/mol. The lowest BCUT2D eigenvalue weighted by atomic mass is 9.97. The van der Waals surface area contributed by atoms with Crippen LogP contribution in [0.15, 0.2) is 114 Å². The molecule has 0 saturated heterocycles. The van der Waals surface area contributed by atoms with E-state index in [4.69, 9.17) is 4.42 Å². The fourth-order valence-corrected chi connectivity index (χ4v) is 4.08. The number of hydrogen-bond acceptors (Lipinski definition) is 2. The van der Waals surface area contributed by atoms with E-state index in [-0.39, 0.29) is 5.82 Å². The highest BCUT2D eigenvalue weighted by Crippen LogP contribution is 2.31. The Bertz CT molecular complexity index is 1550. The zero-order valence-electron chi connectivity index (χ0n) is 17.1. The van der Waals surface area contributed by atoms with E-state index in [2.05, 4.69) is 47.4 Å². The molecule has 0 aliphatic rings. The molecule has 0 unspecified atom stereocenters. The van der Waals surface area contributed by atoms with Crippen LogP contribution in [0.2, 0.25) is 0 Å². The van der Waals surface area contributed by atoms with E-state index in [0.29, 0.717) is 5.89 Å². The Balaban J connectivity index is 1.33. The van der Waals surface area contributed by atoms with Gasteiger partial charge in [-0.05, 0) is 75.5 Å². The van der Waals surface area contributed by atoms with Crippen molar-refractivity contribution in [1.82, 2.24) is 4.98 Å². The summed E-state index contributed by atoms with van der Waals surface area (Å²) in [5.41, 5.74) is 6.74. The van der Waals surface area contributed by atoms with Gasteiger partial charge in [0.2, 0.25) is 5.89 Å². The van der Waals surface area contributed by atoms with E-state index in [1.165, 1.54) is 6.07 Å². The maximum absolute atomic E-state index is 13.5. The Kier molecular flexibility index (Phi) is 4.32. The van der Waals surface area contributed by atoms with Gasteiger partial charge in [-0.25, -0.2) is 9.37 Å². The van der Waals surface area contributed by atoms with Gasteiger partial charge in [-0.1, -0.05) is 66.7 Å². The molecular weight excluding hydrogens is 397 g/mol. The summed E-state index contributed by atoms with van der Waals surface area (Å²) >= 11 is 0. The Morgan fingerprint density at radius 1 is 0.531 bits per heavy atom. The minimum atomic E-state index is -0.224. The van der Waals surface area contributed by atoms with Gasteiger partial charge in [0.25, 0.3) is 0 Å². The molecule has 6 rings (SSSR count). The van der Waals surface area contributed by atoms with Crippen molar-refractivity contribution in [2.75, 3.05) is 0 Å². The molecule has 0 atom stereocenters. The molecule has 0 radical (unpaired) electrons. The van der Waals surface area contributed by atoms with Crippen LogP contribution in [0.4, 0.5) is 4.39 Å². The summed E-state index contributed by atoms with van der Waals surface area (Å²) in [7, 11) is 0. The topological polar surface area (TPSA) is 26.0 Å².